The molecule has 1 atom stereocenters. The minimum Gasteiger partial charge on any atom is -0.349 e. The molecule has 110 valence electrons. The maximum Gasteiger partial charge on any atom is 0.230 e. The van der Waals surface area contributed by atoms with Crippen LogP contribution in [0.25, 0.3) is 0 Å². The van der Waals surface area contributed by atoms with E-state index < -0.39 is 0 Å². The molecule has 1 N–H and O–H groups in total. The quantitative estimate of drug-likeness (QED) is 0.809. The highest BCUT2D eigenvalue weighted by Gasteiger charge is 2.09. The molecule has 0 aliphatic heterocycles. The summed E-state index contributed by atoms with van der Waals surface area (Å²) in [5, 5.41) is 3.04. The van der Waals surface area contributed by atoms with Crippen LogP contribution in [0.1, 0.15) is 31.0 Å². The summed E-state index contributed by atoms with van der Waals surface area (Å²) in [7, 11) is 0. The first-order chi connectivity index (χ1) is 10.2. The Labute approximate surface area is 131 Å². The molecule has 2 aromatic carbocycles. The van der Waals surface area contributed by atoms with E-state index in [0.29, 0.717) is 5.75 Å². The molecular formula is C18H21NOS. The minimum absolute atomic E-state index is 0.0415. The van der Waals surface area contributed by atoms with Gasteiger partial charge in [-0.3, -0.25) is 4.79 Å². The molecule has 0 heterocycles. The van der Waals surface area contributed by atoms with Gasteiger partial charge in [-0.25, -0.2) is 0 Å². The van der Waals surface area contributed by atoms with Gasteiger partial charge in [-0.05, 0) is 36.6 Å². The average molecular weight is 299 g/mol. The second-order valence-corrected chi connectivity index (χ2v) is 6.03. The lowest BCUT2D eigenvalue weighted by Gasteiger charge is -2.14. The third kappa shape index (κ3) is 4.94. The summed E-state index contributed by atoms with van der Waals surface area (Å²) in [6, 6.07) is 18.5. The number of aryl methyl sites for hydroxylation is 1. The van der Waals surface area contributed by atoms with Crippen LogP contribution in [0.4, 0.5) is 0 Å². The Morgan fingerprint density at radius 3 is 2.38 bits per heavy atom. The molecule has 0 saturated heterocycles. The molecule has 0 aliphatic rings. The lowest BCUT2D eigenvalue weighted by atomic mass is 10.1. The van der Waals surface area contributed by atoms with Gasteiger partial charge in [0.25, 0.3) is 0 Å². The lowest BCUT2D eigenvalue weighted by Crippen LogP contribution is -2.28. The minimum atomic E-state index is 0.0415. The molecular weight excluding hydrogens is 278 g/mol. The third-order valence-corrected chi connectivity index (χ3v) is 4.39. The van der Waals surface area contributed by atoms with E-state index in [0.717, 1.165) is 16.9 Å². The van der Waals surface area contributed by atoms with E-state index in [1.54, 1.807) is 11.8 Å². The molecule has 1 amide bonds. The number of carbonyl (C=O) groups is 1. The molecule has 0 unspecified atom stereocenters. The fraction of sp³-hybridized carbons (Fsp3) is 0.278. The van der Waals surface area contributed by atoms with Gasteiger partial charge in [-0.15, -0.1) is 11.8 Å². The van der Waals surface area contributed by atoms with Gasteiger partial charge in [-0.2, -0.15) is 0 Å². The van der Waals surface area contributed by atoms with E-state index in [4.69, 9.17) is 0 Å². The van der Waals surface area contributed by atoms with Crippen molar-refractivity contribution in [3.05, 3.63) is 65.7 Å². The molecule has 0 aromatic heterocycles. The Morgan fingerprint density at radius 2 is 1.76 bits per heavy atom. The molecule has 0 aliphatic carbocycles. The second-order valence-electron chi connectivity index (χ2n) is 4.99. The van der Waals surface area contributed by atoms with Gasteiger partial charge in [-0.1, -0.05) is 49.4 Å². The van der Waals surface area contributed by atoms with Crippen molar-refractivity contribution < 1.29 is 4.79 Å². The van der Waals surface area contributed by atoms with Crippen molar-refractivity contribution in [3.8, 4) is 0 Å². The predicted molar refractivity (Wildman–Crippen MR) is 89.5 cm³/mol. The van der Waals surface area contributed by atoms with E-state index in [-0.39, 0.29) is 11.9 Å². The molecule has 2 aromatic rings. The number of nitrogens with one attached hydrogen (secondary N) is 1. The van der Waals surface area contributed by atoms with Crippen LogP contribution in [0.3, 0.4) is 0 Å². The maximum absolute atomic E-state index is 12.0. The van der Waals surface area contributed by atoms with E-state index in [1.807, 2.05) is 37.3 Å². The summed E-state index contributed by atoms with van der Waals surface area (Å²) in [5.41, 5.74) is 2.46. The second kappa shape index (κ2) is 7.89. The van der Waals surface area contributed by atoms with Crippen LogP contribution in [-0.2, 0) is 11.2 Å². The van der Waals surface area contributed by atoms with Crippen molar-refractivity contribution in [2.45, 2.75) is 31.2 Å². The summed E-state index contributed by atoms with van der Waals surface area (Å²) in [6.45, 7) is 4.16. The highest BCUT2D eigenvalue weighted by molar-refractivity contribution is 8.00. The maximum atomic E-state index is 12.0. The van der Waals surface area contributed by atoms with Crippen molar-refractivity contribution >= 4 is 17.7 Å². The smallest absolute Gasteiger partial charge is 0.230 e. The molecule has 3 heteroatoms. The van der Waals surface area contributed by atoms with Gasteiger partial charge in [0.05, 0.1) is 11.8 Å². The van der Waals surface area contributed by atoms with Crippen molar-refractivity contribution in [2.24, 2.45) is 0 Å². The fourth-order valence-electron chi connectivity index (χ4n) is 2.07. The number of amides is 1. The highest BCUT2D eigenvalue weighted by Crippen LogP contribution is 2.18. The number of benzene rings is 2. The summed E-state index contributed by atoms with van der Waals surface area (Å²) in [6.07, 6.45) is 1.04. The van der Waals surface area contributed by atoms with Crippen LogP contribution in [0, 0.1) is 0 Å². The normalized spacial score (nSPS) is 11.9. The number of thioether (sulfide) groups is 1. The first kappa shape index (κ1) is 15.6. The molecule has 2 rings (SSSR count). The molecule has 21 heavy (non-hydrogen) atoms. The highest BCUT2D eigenvalue weighted by atomic mass is 32.2. The Morgan fingerprint density at radius 1 is 1.10 bits per heavy atom. The van der Waals surface area contributed by atoms with Crippen LogP contribution in [0.15, 0.2) is 59.5 Å². The first-order valence-electron chi connectivity index (χ1n) is 7.25. The van der Waals surface area contributed by atoms with Gasteiger partial charge >= 0.3 is 0 Å². The standard InChI is InChI=1S/C18H21NOS/c1-3-15-9-11-16(12-10-15)14(2)19-18(20)13-21-17-7-5-4-6-8-17/h4-12,14H,3,13H2,1-2H3,(H,19,20)/t14-/m0/s1. The van der Waals surface area contributed by atoms with Crippen LogP contribution in [-0.4, -0.2) is 11.7 Å². The SMILES string of the molecule is CCc1ccc([C@H](C)NC(=O)CSc2ccccc2)cc1. The summed E-state index contributed by atoms with van der Waals surface area (Å²) in [4.78, 5) is 13.1. The molecule has 0 saturated carbocycles. The monoisotopic (exact) mass is 299 g/mol. The van der Waals surface area contributed by atoms with Crippen LogP contribution in [0.2, 0.25) is 0 Å². The fourth-order valence-corrected chi connectivity index (χ4v) is 2.80. The Hall–Kier alpha value is -1.74. The van der Waals surface area contributed by atoms with E-state index in [9.17, 15) is 4.79 Å². The molecule has 0 bridgehead atoms. The number of carbonyl (C=O) groups excluding carboxylic acids is 1. The van der Waals surface area contributed by atoms with Crippen molar-refractivity contribution in [1.82, 2.24) is 5.32 Å². The first-order valence-corrected chi connectivity index (χ1v) is 8.23. The Balaban J connectivity index is 1.83. The van der Waals surface area contributed by atoms with Crippen LogP contribution in [0.5, 0.6) is 0 Å². The van der Waals surface area contributed by atoms with Crippen LogP contribution < -0.4 is 5.32 Å². The zero-order valence-corrected chi connectivity index (χ0v) is 13.3. The lowest BCUT2D eigenvalue weighted by molar-refractivity contribution is -0.119. The Kier molecular flexibility index (Phi) is 5.88. The van der Waals surface area contributed by atoms with Crippen molar-refractivity contribution in [2.75, 3.05) is 5.75 Å². The van der Waals surface area contributed by atoms with Gasteiger partial charge in [0.2, 0.25) is 5.91 Å². The van der Waals surface area contributed by atoms with Crippen molar-refractivity contribution in [3.63, 3.8) is 0 Å². The van der Waals surface area contributed by atoms with Gasteiger partial charge < -0.3 is 5.32 Å². The molecule has 2 nitrogen and oxygen atoms in total. The topological polar surface area (TPSA) is 29.1 Å². The van der Waals surface area contributed by atoms with Gasteiger partial charge in [0.1, 0.15) is 0 Å². The Bertz CT molecular complexity index is 566. The molecule has 0 fully saturated rings. The summed E-state index contributed by atoms with van der Waals surface area (Å²) in [5.74, 6) is 0.511. The van der Waals surface area contributed by atoms with E-state index in [2.05, 4.69) is 36.5 Å². The summed E-state index contributed by atoms with van der Waals surface area (Å²) < 4.78 is 0. The zero-order valence-electron chi connectivity index (χ0n) is 12.5. The molecule has 0 spiro atoms. The average Bonchev–Trinajstić information content (AvgIpc) is 2.54. The summed E-state index contributed by atoms with van der Waals surface area (Å²) >= 11 is 1.56. The third-order valence-electron chi connectivity index (χ3n) is 3.38. The van der Waals surface area contributed by atoms with Gasteiger partial charge in [0, 0.05) is 4.90 Å². The largest absolute Gasteiger partial charge is 0.349 e. The number of rotatable bonds is 6. The van der Waals surface area contributed by atoms with Crippen molar-refractivity contribution in [1.29, 1.82) is 0 Å². The van der Waals surface area contributed by atoms with E-state index >= 15 is 0 Å². The van der Waals surface area contributed by atoms with Gasteiger partial charge in [0.15, 0.2) is 0 Å². The zero-order chi connectivity index (χ0) is 15.1. The number of hydrogen-bond acceptors (Lipinski definition) is 2. The molecule has 0 radical (unpaired) electrons. The van der Waals surface area contributed by atoms with Crippen LogP contribution >= 0.6 is 11.8 Å². The van der Waals surface area contributed by atoms with E-state index in [1.165, 1.54) is 5.56 Å². The number of hydrogen-bond donors (Lipinski definition) is 1. The predicted octanol–water partition coefficient (Wildman–Crippen LogP) is 4.22.